The van der Waals surface area contributed by atoms with Gasteiger partial charge in [0.1, 0.15) is 6.04 Å². The van der Waals surface area contributed by atoms with Crippen molar-refractivity contribution in [2.75, 3.05) is 10.6 Å². The Morgan fingerprint density at radius 1 is 0.833 bits per heavy atom. The molecule has 0 saturated heterocycles. The molecule has 0 spiro atoms. The van der Waals surface area contributed by atoms with Gasteiger partial charge in [0.15, 0.2) is 0 Å². The second-order valence-corrected chi connectivity index (χ2v) is 9.19. The van der Waals surface area contributed by atoms with Crippen LogP contribution in [0.1, 0.15) is 29.7 Å². The highest BCUT2D eigenvalue weighted by atomic mass is 32.2. The third-order valence-corrected chi connectivity index (χ3v) is 6.17. The lowest BCUT2D eigenvalue weighted by atomic mass is 9.97. The van der Waals surface area contributed by atoms with Crippen molar-refractivity contribution in [3.8, 4) is 0 Å². The van der Waals surface area contributed by atoms with Crippen LogP contribution in [-0.2, 0) is 14.8 Å². The topological polar surface area (TPSA) is 66.5 Å². The molecule has 5 nitrogen and oxygen atoms in total. The number of aryl methyl sites for hydroxylation is 1. The molecular formula is C24H26N2O3S. The molecule has 0 fully saturated rings. The first-order valence-corrected chi connectivity index (χ1v) is 11.6. The van der Waals surface area contributed by atoms with Crippen LogP contribution in [0.4, 0.5) is 5.69 Å². The molecule has 1 amide bonds. The van der Waals surface area contributed by atoms with Crippen LogP contribution < -0.4 is 9.62 Å². The van der Waals surface area contributed by atoms with E-state index in [0.29, 0.717) is 5.69 Å². The predicted octanol–water partition coefficient (Wildman–Crippen LogP) is 4.06. The van der Waals surface area contributed by atoms with E-state index in [-0.39, 0.29) is 11.9 Å². The van der Waals surface area contributed by atoms with E-state index >= 15 is 0 Å². The van der Waals surface area contributed by atoms with E-state index in [1.807, 2.05) is 61.5 Å². The minimum atomic E-state index is -3.66. The van der Waals surface area contributed by atoms with Gasteiger partial charge in [0.05, 0.1) is 18.0 Å². The van der Waals surface area contributed by atoms with Crippen LogP contribution in [0.2, 0.25) is 0 Å². The Balaban J connectivity index is 1.93. The predicted molar refractivity (Wildman–Crippen MR) is 121 cm³/mol. The summed E-state index contributed by atoms with van der Waals surface area (Å²) >= 11 is 0. The highest BCUT2D eigenvalue weighted by Crippen LogP contribution is 2.25. The zero-order valence-electron chi connectivity index (χ0n) is 17.3. The maximum absolute atomic E-state index is 13.2. The van der Waals surface area contributed by atoms with E-state index in [0.717, 1.165) is 27.3 Å². The third kappa shape index (κ3) is 5.07. The van der Waals surface area contributed by atoms with Crippen LogP contribution in [0.5, 0.6) is 0 Å². The van der Waals surface area contributed by atoms with Gasteiger partial charge in [-0.1, -0.05) is 78.4 Å². The third-order valence-electron chi connectivity index (χ3n) is 4.93. The maximum atomic E-state index is 13.2. The number of anilines is 1. The molecule has 0 aliphatic rings. The van der Waals surface area contributed by atoms with E-state index in [2.05, 4.69) is 5.32 Å². The molecule has 0 aliphatic carbocycles. The van der Waals surface area contributed by atoms with E-state index in [9.17, 15) is 13.2 Å². The Morgan fingerprint density at radius 2 is 1.33 bits per heavy atom. The Hall–Kier alpha value is -3.12. The number of hydrogen-bond donors (Lipinski definition) is 1. The van der Waals surface area contributed by atoms with Crippen molar-refractivity contribution < 1.29 is 13.2 Å². The van der Waals surface area contributed by atoms with Gasteiger partial charge in [0.2, 0.25) is 15.9 Å². The monoisotopic (exact) mass is 422 g/mol. The number of rotatable bonds is 7. The Bertz CT molecular complexity index is 1080. The fraction of sp³-hybridized carbons (Fsp3) is 0.208. The molecule has 2 atom stereocenters. The summed E-state index contributed by atoms with van der Waals surface area (Å²) in [5.41, 5.74) is 3.43. The molecule has 0 unspecified atom stereocenters. The summed E-state index contributed by atoms with van der Waals surface area (Å²) in [6.07, 6.45) is 1.11. The molecule has 1 N–H and O–H groups in total. The SMILES string of the molecule is Cc1ccc([C@@H](NC(=O)[C@H](C)N(c2ccccc2)S(C)(=O)=O)c2ccccc2)cc1. The second-order valence-electron chi connectivity index (χ2n) is 7.33. The maximum Gasteiger partial charge on any atom is 0.244 e. The van der Waals surface area contributed by atoms with E-state index < -0.39 is 16.1 Å². The van der Waals surface area contributed by atoms with Crippen LogP contribution >= 0.6 is 0 Å². The molecule has 0 bridgehead atoms. The first-order valence-electron chi connectivity index (χ1n) is 9.73. The van der Waals surface area contributed by atoms with Gasteiger partial charge >= 0.3 is 0 Å². The van der Waals surface area contributed by atoms with Crippen LogP contribution in [0.15, 0.2) is 84.9 Å². The molecule has 0 saturated carbocycles. The van der Waals surface area contributed by atoms with Crippen LogP contribution in [0.3, 0.4) is 0 Å². The summed E-state index contributed by atoms with van der Waals surface area (Å²) in [4.78, 5) is 13.2. The molecular weight excluding hydrogens is 396 g/mol. The Kier molecular flexibility index (Phi) is 6.57. The van der Waals surface area contributed by atoms with Gasteiger partial charge in [0, 0.05) is 0 Å². The van der Waals surface area contributed by atoms with Gasteiger partial charge in [-0.3, -0.25) is 9.10 Å². The van der Waals surface area contributed by atoms with Crippen LogP contribution in [0, 0.1) is 6.92 Å². The number of carbonyl (C=O) groups is 1. The lowest BCUT2D eigenvalue weighted by Gasteiger charge is -2.30. The largest absolute Gasteiger partial charge is 0.343 e. The molecule has 0 radical (unpaired) electrons. The fourth-order valence-electron chi connectivity index (χ4n) is 3.41. The number of amides is 1. The lowest BCUT2D eigenvalue weighted by Crippen LogP contribution is -2.48. The molecule has 3 aromatic carbocycles. The Morgan fingerprint density at radius 3 is 1.87 bits per heavy atom. The number of sulfonamides is 1. The molecule has 0 aliphatic heterocycles. The summed E-state index contributed by atoms with van der Waals surface area (Å²) in [5.74, 6) is -0.376. The quantitative estimate of drug-likeness (QED) is 0.625. The van der Waals surface area contributed by atoms with Crippen molar-refractivity contribution in [2.45, 2.75) is 25.9 Å². The smallest absolute Gasteiger partial charge is 0.244 e. The van der Waals surface area contributed by atoms with Gasteiger partial charge in [-0.15, -0.1) is 0 Å². The summed E-state index contributed by atoms with van der Waals surface area (Å²) < 4.78 is 26.1. The number of benzene rings is 3. The summed E-state index contributed by atoms with van der Waals surface area (Å²) in [6.45, 7) is 3.60. The van der Waals surface area contributed by atoms with E-state index in [1.165, 1.54) is 0 Å². The molecule has 0 heterocycles. The summed E-state index contributed by atoms with van der Waals surface area (Å²) in [6, 6.07) is 24.9. The molecule has 3 rings (SSSR count). The average Bonchev–Trinajstić information content (AvgIpc) is 2.73. The second kappa shape index (κ2) is 9.13. The number of nitrogens with zero attached hydrogens (tertiary/aromatic N) is 1. The first kappa shape index (κ1) is 21.6. The van der Waals surface area contributed by atoms with Crippen molar-refractivity contribution in [1.29, 1.82) is 0 Å². The van der Waals surface area contributed by atoms with E-state index in [1.54, 1.807) is 37.3 Å². The van der Waals surface area contributed by atoms with Crippen molar-refractivity contribution in [2.24, 2.45) is 0 Å². The average molecular weight is 423 g/mol. The molecule has 3 aromatic rings. The van der Waals surface area contributed by atoms with Gasteiger partial charge < -0.3 is 5.32 Å². The van der Waals surface area contributed by atoms with Crippen molar-refractivity contribution in [1.82, 2.24) is 5.32 Å². The summed E-state index contributed by atoms with van der Waals surface area (Å²) in [7, 11) is -3.66. The van der Waals surface area contributed by atoms with E-state index in [4.69, 9.17) is 0 Å². The number of hydrogen-bond acceptors (Lipinski definition) is 3. The van der Waals surface area contributed by atoms with Crippen molar-refractivity contribution in [3.05, 3.63) is 102 Å². The minimum Gasteiger partial charge on any atom is -0.343 e. The standard InChI is InChI=1S/C24H26N2O3S/c1-18-14-16-21(17-15-18)23(20-10-6-4-7-11-20)25-24(27)19(2)26(30(3,28)29)22-12-8-5-9-13-22/h4-17,19,23H,1-3H3,(H,25,27)/t19-,23-/m0/s1. The normalized spacial score (nSPS) is 13.3. The van der Waals surface area contributed by atoms with Crippen molar-refractivity contribution >= 4 is 21.6 Å². The zero-order chi connectivity index (χ0) is 21.7. The number of para-hydroxylation sites is 1. The van der Waals surface area contributed by atoms with Crippen molar-refractivity contribution in [3.63, 3.8) is 0 Å². The summed E-state index contributed by atoms with van der Waals surface area (Å²) in [5, 5.41) is 3.05. The lowest BCUT2D eigenvalue weighted by molar-refractivity contribution is -0.122. The minimum absolute atomic E-state index is 0.376. The highest BCUT2D eigenvalue weighted by Gasteiger charge is 2.30. The van der Waals surface area contributed by atoms with Gasteiger partial charge in [0.25, 0.3) is 0 Å². The fourth-order valence-corrected chi connectivity index (χ4v) is 4.58. The van der Waals surface area contributed by atoms with Gasteiger partial charge in [-0.05, 0) is 37.1 Å². The molecule has 6 heteroatoms. The van der Waals surface area contributed by atoms with Gasteiger partial charge in [-0.25, -0.2) is 8.42 Å². The molecule has 0 aromatic heterocycles. The van der Waals surface area contributed by atoms with Crippen LogP contribution in [-0.4, -0.2) is 26.6 Å². The molecule has 30 heavy (non-hydrogen) atoms. The highest BCUT2D eigenvalue weighted by molar-refractivity contribution is 7.92. The zero-order valence-corrected chi connectivity index (χ0v) is 18.1. The first-order chi connectivity index (χ1) is 14.3. The number of nitrogens with one attached hydrogen (secondary N) is 1. The van der Waals surface area contributed by atoms with Gasteiger partial charge in [-0.2, -0.15) is 0 Å². The number of carbonyl (C=O) groups excluding carboxylic acids is 1. The van der Waals surface area contributed by atoms with Crippen LogP contribution in [0.25, 0.3) is 0 Å². The molecule has 156 valence electrons. The Labute approximate surface area is 178 Å².